The Bertz CT molecular complexity index is 601. The molecule has 2 rings (SSSR count). The fourth-order valence-corrected chi connectivity index (χ4v) is 3.28. The Hall–Kier alpha value is -0.530. The molecule has 4 nitrogen and oxygen atoms in total. The summed E-state index contributed by atoms with van der Waals surface area (Å²) in [5, 5.41) is 11.4. The van der Waals surface area contributed by atoms with Gasteiger partial charge in [0.25, 0.3) is 9.70 Å². The molecule has 0 aliphatic rings. The van der Waals surface area contributed by atoms with Gasteiger partial charge in [0, 0.05) is 11.5 Å². The maximum atomic E-state index is 11.5. The van der Waals surface area contributed by atoms with Gasteiger partial charge in [-0.05, 0) is 5.56 Å². The Morgan fingerprint density at radius 1 is 1.19 bits per heavy atom. The number of halogens is 3. The number of anilines is 1. The minimum absolute atomic E-state index is 0.321. The number of hydrogen-bond donors (Lipinski definition) is 1. The van der Waals surface area contributed by atoms with E-state index in [-0.39, 0.29) is 0 Å². The number of amides is 1. The first-order valence-corrected chi connectivity index (χ1v) is 8.88. The average Bonchev–Trinajstić information content (AvgIpc) is 2.86. The van der Waals surface area contributed by atoms with E-state index in [1.165, 1.54) is 16.9 Å². The minimum atomic E-state index is -2.01. The lowest BCUT2D eigenvalue weighted by molar-refractivity contribution is -0.115. The summed E-state index contributed by atoms with van der Waals surface area (Å²) < 4.78 is -2.01. The van der Waals surface area contributed by atoms with Crippen molar-refractivity contribution in [1.29, 1.82) is 0 Å². The quantitative estimate of drug-likeness (QED) is 0.784. The van der Waals surface area contributed by atoms with Crippen molar-refractivity contribution < 1.29 is 4.79 Å². The average molecular weight is 383 g/mol. The van der Waals surface area contributed by atoms with E-state index in [1.807, 2.05) is 18.2 Å². The summed E-state index contributed by atoms with van der Waals surface area (Å²) in [6, 6.07) is 10.1. The standard InChI is InChI=1S/C12H10Cl3N3OS2/c13-12(14,15)10(19)16-11-18-17-9(21-11)7-20-6-8-4-2-1-3-5-8/h1-5H,6-7H2,(H,16,18,19). The predicted octanol–water partition coefficient (Wildman–Crippen LogP) is 4.28. The number of aromatic nitrogens is 2. The fourth-order valence-electron chi connectivity index (χ4n) is 1.36. The van der Waals surface area contributed by atoms with Crippen molar-refractivity contribution in [2.45, 2.75) is 15.3 Å². The first-order chi connectivity index (χ1) is 9.95. The third-order valence-electron chi connectivity index (χ3n) is 2.28. The van der Waals surface area contributed by atoms with Gasteiger partial charge >= 0.3 is 0 Å². The molecule has 0 radical (unpaired) electrons. The molecule has 1 aromatic carbocycles. The molecular formula is C12H10Cl3N3OS2. The molecule has 0 aliphatic heterocycles. The van der Waals surface area contributed by atoms with Crippen molar-refractivity contribution in [2.75, 3.05) is 5.32 Å². The van der Waals surface area contributed by atoms with E-state index in [4.69, 9.17) is 34.8 Å². The van der Waals surface area contributed by atoms with E-state index in [0.717, 1.165) is 10.8 Å². The number of nitrogens with zero attached hydrogens (tertiary/aromatic N) is 2. The van der Waals surface area contributed by atoms with Crippen molar-refractivity contribution in [3.8, 4) is 0 Å². The zero-order chi connectivity index (χ0) is 15.3. The van der Waals surface area contributed by atoms with Gasteiger partial charge in [0.2, 0.25) is 5.13 Å². The van der Waals surface area contributed by atoms with Crippen LogP contribution in [0.5, 0.6) is 0 Å². The maximum absolute atomic E-state index is 11.5. The number of benzene rings is 1. The molecule has 0 saturated carbocycles. The van der Waals surface area contributed by atoms with E-state index in [2.05, 4.69) is 27.6 Å². The van der Waals surface area contributed by atoms with Crippen molar-refractivity contribution >= 4 is 68.9 Å². The molecule has 0 unspecified atom stereocenters. The number of hydrogen-bond acceptors (Lipinski definition) is 5. The number of rotatable bonds is 5. The van der Waals surface area contributed by atoms with Crippen LogP contribution in [-0.2, 0) is 16.3 Å². The fraction of sp³-hybridized carbons (Fsp3) is 0.250. The highest BCUT2D eigenvalue weighted by Crippen LogP contribution is 2.29. The maximum Gasteiger partial charge on any atom is 0.278 e. The zero-order valence-corrected chi connectivity index (χ0v) is 14.5. The molecule has 2 aromatic rings. The van der Waals surface area contributed by atoms with Gasteiger partial charge in [0.05, 0.1) is 0 Å². The van der Waals surface area contributed by atoms with Crippen LogP contribution in [0.15, 0.2) is 30.3 Å². The number of carbonyl (C=O) groups is 1. The minimum Gasteiger partial charge on any atom is -0.297 e. The second-order valence-electron chi connectivity index (χ2n) is 3.93. The summed E-state index contributed by atoms with van der Waals surface area (Å²) in [5.74, 6) is 0.846. The molecule has 0 aliphatic carbocycles. The summed E-state index contributed by atoms with van der Waals surface area (Å²) in [6.45, 7) is 0. The second kappa shape index (κ2) is 7.65. The summed E-state index contributed by atoms with van der Waals surface area (Å²) >= 11 is 19.4. The highest BCUT2D eigenvalue weighted by atomic mass is 35.6. The lowest BCUT2D eigenvalue weighted by Gasteiger charge is -2.08. The molecule has 1 amide bonds. The molecule has 0 spiro atoms. The Morgan fingerprint density at radius 2 is 1.90 bits per heavy atom. The largest absolute Gasteiger partial charge is 0.297 e. The van der Waals surface area contributed by atoms with Crippen LogP contribution in [0, 0.1) is 0 Å². The number of thioether (sulfide) groups is 1. The van der Waals surface area contributed by atoms with Crippen LogP contribution in [0.25, 0.3) is 0 Å². The van der Waals surface area contributed by atoms with Gasteiger partial charge in [-0.25, -0.2) is 0 Å². The van der Waals surface area contributed by atoms with Gasteiger partial charge < -0.3 is 0 Å². The van der Waals surface area contributed by atoms with Gasteiger partial charge in [0.15, 0.2) is 0 Å². The van der Waals surface area contributed by atoms with Crippen molar-refractivity contribution in [1.82, 2.24) is 10.2 Å². The summed E-state index contributed by atoms with van der Waals surface area (Å²) in [7, 11) is 0. The lowest BCUT2D eigenvalue weighted by atomic mass is 10.2. The molecule has 21 heavy (non-hydrogen) atoms. The number of alkyl halides is 3. The highest BCUT2D eigenvalue weighted by molar-refractivity contribution is 7.97. The van der Waals surface area contributed by atoms with Crippen molar-refractivity contribution in [3.05, 3.63) is 40.9 Å². The van der Waals surface area contributed by atoms with Crippen LogP contribution in [-0.4, -0.2) is 19.9 Å². The molecule has 0 atom stereocenters. The smallest absolute Gasteiger partial charge is 0.278 e. The third kappa shape index (κ3) is 5.64. The van der Waals surface area contributed by atoms with E-state index >= 15 is 0 Å². The van der Waals surface area contributed by atoms with Gasteiger partial charge in [-0.3, -0.25) is 10.1 Å². The van der Waals surface area contributed by atoms with Gasteiger partial charge in [0.1, 0.15) is 5.01 Å². The van der Waals surface area contributed by atoms with E-state index in [0.29, 0.717) is 10.9 Å². The highest BCUT2D eigenvalue weighted by Gasteiger charge is 2.31. The van der Waals surface area contributed by atoms with Crippen molar-refractivity contribution in [2.24, 2.45) is 0 Å². The SMILES string of the molecule is O=C(Nc1nnc(CSCc2ccccc2)s1)C(Cl)(Cl)Cl. The van der Waals surface area contributed by atoms with Crippen LogP contribution >= 0.6 is 57.9 Å². The van der Waals surface area contributed by atoms with E-state index in [9.17, 15) is 4.79 Å². The van der Waals surface area contributed by atoms with Crippen LogP contribution in [0.2, 0.25) is 0 Å². The summed E-state index contributed by atoms with van der Waals surface area (Å²) in [4.78, 5) is 11.5. The summed E-state index contributed by atoms with van der Waals surface area (Å²) in [5.41, 5.74) is 1.25. The van der Waals surface area contributed by atoms with Crippen LogP contribution in [0.4, 0.5) is 5.13 Å². The first-order valence-electron chi connectivity index (χ1n) is 5.77. The molecule has 1 aromatic heterocycles. The van der Waals surface area contributed by atoms with Gasteiger partial charge in [-0.2, -0.15) is 0 Å². The molecule has 1 N–H and O–H groups in total. The summed E-state index contributed by atoms with van der Waals surface area (Å²) in [6.07, 6.45) is 0. The molecular weight excluding hydrogens is 373 g/mol. The Balaban J connectivity index is 1.82. The molecule has 0 fully saturated rings. The van der Waals surface area contributed by atoms with Gasteiger partial charge in [-0.1, -0.05) is 76.5 Å². The zero-order valence-electron chi connectivity index (χ0n) is 10.6. The monoisotopic (exact) mass is 381 g/mol. The van der Waals surface area contributed by atoms with E-state index < -0.39 is 9.70 Å². The Kier molecular flexibility index (Phi) is 6.13. The molecule has 9 heteroatoms. The Morgan fingerprint density at radius 3 is 2.57 bits per heavy atom. The van der Waals surface area contributed by atoms with Crippen molar-refractivity contribution in [3.63, 3.8) is 0 Å². The van der Waals surface area contributed by atoms with Crippen LogP contribution < -0.4 is 5.32 Å². The molecule has 0 bridgehead atoms. The molecule has 1 heterocycles. The first kappa shape index (κ1) is 16.8. The topological polar surface area (TPSA) is 54.9 Å². The van der Waals surface area contributed by atoms with Gasteiger partial charge in [-0.15, -0.1) is 22.0 Å². The van der Waals surface area contributed by atoms with E-state index in [1.54, 1.807) is 11.8 Å². The predicted molar refractivity (Wildman–Crippen MR) is 90.3 cm³/mol. The molecule has 0 saturated heterocycles. The van der Waals surface area contributed by atoms with Crippen LogP contribution in [0.3, 0.4) is 0 Å². The Labute approximate surface area is 145 Å². The lowest BCUT2D eigenvalue weighted by Crippen LogP contribution is -2.26. The molecule has 112 valence electrons. The normalized spacial score (nSPS) is 11.4. The number of carbonyl (C=O) groups excluding carboxylic acids is 1. The second-order valence-corrected chi connectivity index (χ2v) is 8.26. The third-order valence-corrected chi connectivity index (χ3v) is 4.83. The van der Waals surface area contributed by atoms with Crippen LogP contribution in [0.1, 0.15) is 10.6 Å². The number of nitrogens with one attached hydrogen (secondary N) is 1.